The highest BCUT2D eigenvalue weighted by atomic mass is 35.5. The molecule has 1 aromatic carbocycles. The molecule has 0 saturated carbocycles. The third-order valence-electron chi connectivity index (χ3n) is 1.69. The molecular weight excluding hydrogens is 269 g/mol. The van der Waals surface area contributed by atoms with Crippen molar-refractivity contribution < 1.29 is 19.4 Å². The molecule has 0 aromatic heterocycles. The minimum absolute atomic E-state index is 0.278. The van der Waals surface area contributed by atoms with Gasteiger partial charge in [-0.15, -0.1) is 0 Å². The fraction of sp³-hybridized carbons (Fsp3) is 0.200. The number of carboxylic acids is 1. The molecule has 0 aliphatic rings. The number of anilines is 1. The van der Waals surface area contributed by atoms with Crippen molar-refractivity contribution in [1.29, 1.82) is 0 Å². The zero-order valence-electron chi connectivity index (χ0n) is 8.57. The predicted octanol–water partition coefficient (Wildman–Crippen LogP) is 2.03. The second kappa shape index (κ2) is 6.44. The van der Waals surface area contributed by atoms with Crippen molar-refractivity contribution in [2.45, 2.75) is 0 Å². The largest absolute Gasteiger partial charge is 0.480 e. The Hall–Kier alpha value is -1.30. The van der Waals surface area contributed by atoms with E-state index in [0.29, 0.717) is 10.0 Å². The van der Waals surface area contributed by atoms with E-state index < -0.39 is 18.5 Å². The van der Waals surface area contributed by atoms with Gasteiger partial charge in [-0.2, -0.15) is 0 Å². The number of halogens is 2. The van der Waals surface area contributed by atoms with Gasteiger partial charge in [-0.1, -0.05) is 29.3 Å². The number of benzene rings is 1. The molecule has 0 heterocycles. The zero-order valence-corrected chi connectivity index (χ0v) is 10.1. The lowest BCUT2D eigenvalue weighted by Crippen LogP contribution is -2.21. The Morgan fingerprint density at radius 3 is 2.35 bits per heavy atom. The van der Waals surface area contributed by atoms with Crippen LogP contribution >= 0.6 is 23.2 Å². The van der Waals surface area contributed by atoms with Gasteiger partial charge in [-0.05, 0) is 12.1 Å². The van der Waals surface area contributed by atoms with Crippen molar-refractivity contribution >= 4 is 40.8 Å². The molecule has 0 aliphatic carbocycles. The Bertz CT molecular complexity index is 416. The summed E-state index contributed by atoms with van der Waals surface area (Å²) in [7, 11) is 0. The number of amides is 1. The van der Waals surface area contributed by atoms with Gasteiger partial charge in [0.05, 0.1) is 15.7 Å². The van der Waals surface area contributed by atoms with E-state index in [-0.39, 0.29) is 12.3 Å². The zero-order chi connectivity index (χ0) is 12.8. The van der Waals surface area contributed by atoms with Gasteiger partial charge in [0, 0.05) is 0 Å². The lowest BCUT2D eigenvalue weighted by atomic mass is 10.3. The standard InChI is InChI=1S/C10H9Cl2NO4/c11-6-2-1-3-7(12)10(6)13-8(14)4-17-5-9(15)16/h1-3H,4-5H2,(H,13,14)(H,15,16). The molecular formula is C10H9Cl2NO4. The predicted molar refractivity (Wildman–Crippen MR) is 63.5 cm³/mol. The van der Waals surface area contributed by atoms with Gasteiger partial charge in [-0.25, -0.2) is 4.79 Å². The molecule has 17 heavy (non-hydrogen) atoms. The Labute approximate surface area is 107 Å². The molecule has 92 valence electrons. The Kier molecular flexibility index (Phi) is 5.21. The van der Waals surface area contributed by atoms with E-state index in [1.54, 1.807) is 18.2 Å². The average Bonchev–Trinajstić information content (AvgIpc) is 2.23. The summed E-state index contributed by atoms with van der Waals surface area (Å²) in [5.41, 5.74) is 0.278. The average molecular weight is 278 g/mol. The fourth-order valence-electron chi connectivity index (χ4n) is 1.02. The molecule has 0 spiro atoms. The summed E-state index contributed by atoms with van der Waals surface area (Å²) in [4.78, 5) is 21.5. The van der Waals surface area contributed by atoms with Gasteiger partial charge < -0.3 is 15.2 Å². The molecule has 2 N–H and O–H groups in total. The number of para-hydroxylation sites is 1. The van der Waals surface area contributed by atoms with Crippen molar-refractivity contribution in [3.8, 4) is 0 Å². The van der Waals surface area contributed by atoms with Gasteiger partial charge >= 0.3 is 5.97 Å². The highest BCUT2D eigenvalue weighted by Gasteiger charge is 2.10. The second-order valence-electron chi connectivity index (χ2n) is 3.03. The Morgan fingerprint density at radius 2 is 1.82 bits per heavy atom. The molecule has 0 unspecified atom stereocenters. The highest BCUT2D eigenvalue weighted by molar-refractivity contribution is 6.39. The molecule has 0 atom stereocenters. The summed E-state index contributed by atoms with van der Waals surface area (Å²) in [6, 6.07) is 4.78. The molecule has 0 fully saturated rings. The number of carbonyl (C=O) groups excluding carboxylic acids is 1. The molecule has 7 heteroatoms. The van der Waals surface area contributed by atoms with E-state index in [1.165, 1.54) is 0 Å². The number of hydrogen-bond acceptors (Lipinski definition) is 3. The fourth-order valence-corrected chi connectivity index (χ4v) is 1.52. The number of rotatable bonds is 5. The van der Waals surface area contributed by atoms with Crippen molar-refractivity contribution in [3.63, 3.8) is 0 Å². The number of carbonyl (C=O) groups is 2. The van der Waals surface area contributed by atoms with Gasteiger partial charge in [0.2, 0.25) is 5.91 Å². The Morgan fingerprint density at radius 1 is 1.24 bits per heavy atom. The van der Waals surface area contributed by atoms with E-state index in [1.807, 2.05) is 0 Å². The van der Waals surface area contributed by atoms with Crippen LogP contribution in [0.15, 0.2) is 18.2 Å². The normalized spacial score (nSPS) is 10.0. The maximum absolute atomic E-state index is 11.4. The van der Waals surface area contributed by atoms with Crippen molar-refractivity contribution in [3.05, 3.63) is 28.2 Å². The summed E-state index contributed by atoms with van der Waals surface area (Å²) in [6.07, 6.45) is 0. The second-order valence-corrected chi connectivity index (χ2v) is 3.85. The SMILES string of the molecule is O=C(O)COCC(=O)Nc1c(Cl)cccc1Cl. The van der Waals surface area contributed by atoms with Gasteiger partial charge in [-0.3, -0.25) is 4.79 Å². The summed E-state index contributed by atoms with van der Waals surface area (Å²) in [6.45, 7) is -0.919. The first-order valence-electron chi connectivity index (χ1n) is 4.54. The summed E-state index contributed by atoms with van der Waals surface area (Å²) in [5, 5.41) is 11.3. The van der Waals surface area contributed by atoms with Crippen molar-refractivity contribution in [2.24, 2.45) is 0 Å². The lowest BCUT2D eigenvalue weighted by Gasteiger charge is -2.08. The topological polar surface area (TPSA) is 75.6 Å². The summed E-state index contributed by atoms with van der Waals surface area (Å²) >= 11 is 11.6. The van der Waals surface area contributed by atoms with Crippen LogP contribution in [0.3, 0.4) is 0 Å². The third-order valence-corrected chi connectivity index (χ3v) is 2.32. The van der Waals surface area contributed by atoms with Crippen LogP contribution in [0.2, 0.25) is 10.0 Å². The number of hydrogen-bond donors (Lipinski definition) is 2. The Balaban J connectivity index is 2.53. The minimum Gasteiger partial charge on any atom is -0.480 e. The van der Waals surface area contributed by atoms with E-state index in [2.05, 4.69) is 10.1 Å². The first-order valence-corrected chi connectivity index (χ1v) is 5.29. The number of nitrogens with one attached hydrogen (secondary N) is 1. The van der Waals surface area contributed by atoms with Crippen LogP contribution in [0.5, 0.6) is 0 Å². The van der Waals surface area contributed by atoms with Crippen LogP contribution in [-0.2, 0) is 14.3 Å². The number of carboxylic acid groups (broad SMARTS) is 1. The molecule has 0 aliphatic heterocycles. The van der Waals surface area contributed by atoms with E-state index in [9.17, 15) is 9.59 Å². The van der Waals surface area contributed by atoms with Crippen molar-refractivity contribution in [2.75, 3.05) is 18.5 Å². The minimum atomic E-state index is -1.14. The van der Waals surface area contributed by atoms with E-state index in [0.717, 1.165) is 0 Å². The van der Waals surface area contributed by atoms with E-state index in [4.69, 9.17) is 28.3 Å². The van der Waals surface area contributed by atoms with Gasteiger partial charge in [0.15, 0.2) is 0 Å². The third kappa shape index (κ3) is 4.60. The smallest absolute Gasteiger partial charge is 0.329 e. The summed E-state index contributed by atoms with van der Waals surface area (Å²) in [5.74, 6) is -1.67. The van der Waals surface area contributed by atoms with Crippen LogP contribution in [0.1, 0.15) is 0 Å². The molecule has 0 radical (unpaired) electrons. The van der Waals surface area contributed by atoms with Crippen LogP contribution in [0.4, 0.5) is 5.69 Å². The maximum Gasteiger partial charge on any atom is 0.329 e. The lowest BCUT2D eigenvalue weighted by molar-refractivity contribution is -0.143. The number of aliphatic carboxylic acids is 1. The summed E-state index contributed by atoms with van der Waals surface area (Å²) < 4.78 is 4.61. The maximum atomic E-state index is 11.4. The molecule has 5 nitrogen and oxygen atoms in total. The molecule has 0 saturated heterocycles. The molecule has 1 rings (SSSR count). The number of ether oxygens (including phenoxy) is 1. The first-order chi connectivity index (χ1) is 8.00. The molecule has 0 bridgehead atoms. The van der Waals surface area contributed by atoms with Crippen LogP contribution < -0.4 is 5.32 Å². The first kappa shape index (κ1) is 13.8. The molecule has 1 amide bonds. The monoisotopic (exact) mass is 277 g/mol. The van der Waals surface area contributed by atoms with Gasteiger partial charge in [0.25, 0.3) is 0 Å². The highest BCUT2D eigenvalue weighted by Crippen LogP contribution is 2.29. The molecule has 1 aromatic rings. The van der Waals surface area contributed by atoms with Crippen LogP contribution in [0, 0.1) is 0 Å². The van der Waals surface area contributed by atoms with Gasteiger partial charge in [0.1, 0.15) is 13.2 Å². The van der Waals surface area contributed by atoms with Crippen LogP contribution in [0.25, 0.3) is 0 Å². The quantitative estimate of drug-likeness (QED) is 0.864. The van der Waals surface area contributed by atoms with E-state index >= 15 is 0 Å². The van der Waals surface area contributed by atoms with Crippen LogP contribution in [-0.4, -0.2) is 30.2 Å². The van der Waals surface area contributed by atoms with Crippen molar-refractivity contribution in [1.82, 2.24) is 0 Å².